The molecule has 0 N–H and O–H groups in total. The zero-order valence-corrected chi connectivity index (χ0v) is 12.7. The van der Waals surface area contributed by atoms with Gasteiger partial charge in [0.2, 0.25) is 0 Å². The molecule has 1 saturated heterocycles. The van der Waals surface area contributed by atoms with E-state index >= 15 is 0 Å². The number of hydrogen-bond donors (Lipinski definition) is 0. The van der Waals surface area contributed by atoms with Crippen LogP contribution in [0.5, 0.6) is 0 Å². The molecule has 2 fully saturated rings. The Hall–Kier alpha value is -0.910. The first-order chi connectivity index (χ1) is 9.75. The van der Waals surface area contributed by atoms with Gasteiger partial charge in [-0.3, -0.25) is 4.79 Å². The van der Waals surface area contributed by atoms with Crippen LogP contribution in [0.3, 0.4) is 0 Å². The normalized spacial score (nSPS) is 30.1. The molecule has 0 unspecified atom stereocenters. The predicted octanol–water partition coefficient (Wildman–Crippen LogP) is 2.41. The third kappa shape index (κ3) is 2.50. The number of hydrogen-bond acceptors (Lipinski definition) is 4. The van der Waals surface area contributed by atoms with Crippen molar-refractivity contribution in [3.63, 3.8) is 0 Å². The Bertz CT molecular complexity index is 462. The Balaban J connectivity index is 1.74. The molecule has 2 aliphatic rings. The minimum absolute atomic E-state index is 0.144. The van der Waals surface area contributed by atoms with Gasteiger partial charge < -0.3 is 14.4 Å². The van der Waals surface area contributed by atoms with E-state index in [0.29, 0.717) is 25.6 Å². The van der Waals surface area contributed by atoms with Gasteiger partial charge >= 0.3 is 0 Å². The molecule has 2 atom stereocenters. The minimum atomic E-state index is -0.179. The van der Waals surface area contributed by atoms with Crippen molar-refractivity contribution >= 4 is 17.2 Å². The topological polar surface area (TPSA) is 38.8 Å². The maximum atomic E-state index is 12.5. The predicted molar refractivity (Wildman–Crippen MR) is 78.1 cm³/mol. The van der Waals surface area contributed by atoms with Gasteiger partial charge in [0, 0.05) is 19.6 Å². The lowest BCUT2D eigenvalue weighted by atomic mass is 9.89. The van der Waals surface area contributed by atoms with Crippen LogP contribution >= 0.6 is 11.3 Å². The Labute approximate surface area is 123 Å². The third-order valence-corrected chi connectivity index (χ3v) is 5.35. The summed E-state index contributed by atoms with van der Waals surface area (Å²) in [5.74, 6) is 0.553. The number of nitrogens with zero attached hydrogens (tertiary/aromatic N) is 1. The van der Waals surface area contributed by atoms with E-state index in [1.807, 2.05) is 22.4 Å². The van der Waals surface area contributed by atoms with Crippen molar-refractivity contribution in [1.29, 1.82) is 0 Å². The van der Waals surface area contributed by atoms with E-state index < -0.39 is 0 Å². The Morgan fingerprint density at radius 3 is 3.30 bits per heavy atom. The summed E-state index contributed by atoms with van der Waals surface area (Å²) in [7, 11) is 1.74. The average Bonchev–Trinajstić information content (AvgIpc) is 3.10. The lowest BCUT2D eigenvalue weighted by molar-refractivity contribution is -0.130. The zero-order valence-electron chi connectivity index (χ0n) is 11.8. The fourth-order valence-electron chi connectivity index (χ4n) is 3.49. The summed E-state index contributed by atoms with van der Waals surface area (Å²) < 4.78 is 11.5. The van der Waals surface area contributed by atoms with Crippen LogP contribution < -0.4 is 0 Å². The van der Waals surface area contributed by atoms with Crippen LogP contribution in [0.4, 0.5) is 0 Å². The molecule has 0 bridgehead atoms. The van der Waals surface area contributed by atoms with Crippen LogP contribution in [0.1, 0.15) is 28.9 Å². The van der Waals surface area contributed by atoms with Crippen LogP contribution in [0, 0.1) is 5.92 Å². The Morgan fingerprint density at radius 2 is 2.55 bits per heavy atom. The molecule has 0 radical (unpaired) electrons. The molecule has 0 aromatic carbocycles. The maximum absolute atomic E-state index is 12.5. The van der Waals surface area contributed by atoms with E-state index in [0.717, 1.165) is 30.7 Å². The second-order valence-corrected chi connectivity index (χ2v) is 6.61. The number of carbonyl (C=O) groups excluding carboxylic acids is 1. The quantitative estimate of drug-likeness (QED) is 0.859. The zero-order chi connectivity index (χ0) is 14.0. The first kappa shape index (κ1) is 14.0. The van der Waals surface area contributed by atoms with Crippen molar-refractivity contribution in [1.82, 2.24) is 4.90 Å². The SMILES string of the molecule is COC[C@H]1CCC[C@]12CN(C(=O)c1cccs1)CCO2. The molecule has 1 amide bonds. The van der Waals surface area contributed by atoms with Gasteiger partial charge in [0.1, 0.15) is 0 Å². The molecule has 1 aliphatic carbocycles. The Kier molecular flexibility index (Phi) is 4.10. The monoisotopic (exact) mass is 295 g/mol. The highest BCUT2D eigenvalue weighted by atomic mass is 32.1. The van der Waals surface area contributed by atoms with Gasteiger partial charge in [-0.1, -0.05) is 12.5 Å². The number of morpholine rings is 1. The number of amides is 1. The second kappa shape index (κ2) is 5.84. The molecule has 3 rings (SSSR count). The molecule has 1 saturated carbocycles. The van der Waals surface area contributed by atoms with E-state index in [9.17, 15) is 4.79 Å². The molecule has 1 spiro atoms. The molecule has 20 heavy (non-hydrogen) atoms. The average molecular weight is 295 g/mol. The smallest absolute Gasteiger partial charge is 0.264 e. The molecule has 4 nitrogen and oxygen atoms in total. The molecule has 1 aliphatic heterocycles. The van der Waals surface area contributed by atoms with Crippen molar-refractivity contribution in [3.05, 3.63) is 22.4 Å². The first-order valence-electron chi connectivity index (χ1n) is 7.21. The third-order valence-electron chi connectivity index (χ3n) is 4.49. The maximum Gasteiger partial charge on any atom is 0.264 e. The molecular weight excluding hydrogens is 274 g/mol. The van der Waals surface area contributed by atoms with Crippen LogP contribution in [0.15, 0.2) is 17.5 Å². The largest absolute Gasteiger partial charge is 0.384 e. The fraction of sp³-hybridized carbons (Fsp3) is 0.667. The van der Waals surface area contributed by atoms with Gasteiger partial charge in [0.25, 0.3) is 5.91 Å². The summed E-state index contributed by atoms with van der Waals surface area (Å²) in [6.07, 6.45) is 3.33. The van der Waals surface area contributed by atoms with Crippen LogP contribution in [-0.4, -0.2) is 49.8 Å². The van der Waals surface area contributed by atoms with Gasteiger partial charge in [-0.2, -0.15) is 0 Å². The van der Waals surface area contributed by atoms with Gasteiger partial charge in [-0.15, -0.1) is 11.3 Å². The molecule has 110 valence electrons. The van der Waals surface area contributed by atoms with E-state index in [2.05, 4.69) is 0 Å². The molecule has 1 aromatic rings. The minimum Gasteiger partial charge on any atom is -0.384 e. The van der Waals surface area contributed by atoms with E-state index in [1.54, 1.807) is 7.11 Å². The standard InChI is InChI=1S/C15H21NO3S/c1-18-10-12-4-2-6-15(12)11-16(7-8-19-15)14(17)13-5-3-9-20-13/h3,5,9,12H,2,4,6-8,10-11H2,1H3/t12-,15+/m1/s1. The summed E-state index contributed by atoms with van der Waals surface area (Å²) in [5, 5.41) is 1.95. The summed E-state index contributed by atoms with van der Waals surface area (Å²) in [4.78, 5) is 15.3. The number of thiophene rings is 1. The van der Waals surface area contributed by atoms with Crippen LogP contribution in [0.2, 0.25) is 0 Å². The van der Waals surface area contributed by atoms with Crippen LogP contribution in [-0.2, 0) is 9.47 Å². The van der Waals surface area contributed by atoms with Crippen molar-refractivity contribution in [2.45, 2.75) is 24.9 Å². The number of carbonyl (C=O) groups is 1. The number of rotatable bonds is 3. The second-order valence-electron chi connectivity index (χ2n) is 5.66. The highest BCUT2D eigenvalue weighted by Crippen LogP contribution is 2.41. The lowest BCUT2D eigenvalue weighted by Crippen LogP contribution is -2.56. The summed E-state index contributed by atoms with van der Waals surface area (Å²) in [5.41, 5.74) is -0.179. The summed E-state index contributed by atoms with van der Waals surface area (Å²) >= 11 is 1.51. The van der Waals surface area contributed by atoms with Gasteiger partial charge in [-0.25, -0.2) is 0 Å². The van der Waals surface area contributed by atoms with Gasteiger partial charge in [0.05, 0.1) is 30.2 Å². The molecule has 1 aromatic heterocycles. The van der Waals surface area contributed by atoms with Crippen molar-refractivity contribution < 1.29 is 14.3 Å². The molecule has 5 heteroatoms. The van der Waals surface area contributed by atoms with Crippen molar-refractivity contribution in [2.24, 2.45) is 5.92 Å². The number of methoxy groups -OCH3 is 1. The fourth-order valence-corrected chi connectivity index (χ4v) is 4.18. The summed E-state index contributed by atoms with van der Waals surface area (Å²) in [6, 6.07) is 3.83. The molecule has 2 heterocycles. The highest BCUT2D eigenvalue weighted by Gasteiger charge is 2.47. The van der Waals surface area contributed by atoms with Gasteiger partial charge in [-0.05, 0) is 24.3 Å². The highest BCUT2D eigenvalue weighted by molar-refractivity contribution is 7.12. The van der Waals surface area contributed by atoms with E-state index in [4.69, 9.17) is 9.47 Å². The lowest BCUT2D eigenvalue weighted by Gasteiger charge is -2.43. The van der Waals surface area contributed by atoms with Crippen molar-refractivity contribution in [3.8, 4) is 0 Å². The van der Waals surface area contributed by atoms with Crippen LogP contribution in [0.25, 0.3) is 0 Å². The summed E-state index contributed by atoms with van der Waals surface area (Å²) in [6.45, 7) is 2.76. The van der Waals surface area contributed by atoms with Gasteiger partial charge in [0.15, 0.2) is 0 Å². The molecular formula is C15H21NO3S. The van der Waals surface area contributed by atoms with E-state index in [1.165, 1.54) is 11.3 Å². The Morgan fingerprint density at radius 1 is 1.65 bits per heavy atom. The van der Waals surface area contributed by atoms with E-state index in [-0.39, 0.29) is 11.5 Å². The first-order valence-corrected chi connectivity index (χ1v) is 8.09. The number of ether oxygens (including phenoxy) is 2. The van der Waals surface area contributed by atoms with Crippen molar-refractivity contribution in [2.75, 3.05) is 33.4 Å².